The molecule has 2 heterocycles. The second-order valence-electron chi connectivity index (χ2n) is 8.90. The van der Waals surface area contributed by atoms with Gasteiger partial charge >= 0.3 is 6.03 Å². The van der Waals surface area contributed by atoms with E-state index >= 15 is 0 Å². The van der Waals surface area contributed by atoms with Crippen LogP contribution in [0.5, 0.6) is 0 Å². The number of nitrogens with zero attached hydrogens (tertiary/aromatic N) is 1. The van der Waals surface area contributed by atoms with E-state index in [-0.39, 0.29) is 0 Å². The van der Waals surface area contributed by atoms with Crippen molar-refractivity contribution in [3.8, 4) is 6.07 Å². The van der Waals surface area contributed by atoms with E-state index in [0.29, 0.717) is 52.3 Å². The Hall–Kier alpha value is -2.73. The molecule has 2 fully saturated rings. The molecule has 4 rings (SSSR count). The maximum atomic E-state index is 13.7. The fourth-order valence-electron chi connectivity index (χ4n) is 4.41. The normalized spacial score (nSPS) is 21.7. The summed E-state index contributed by atoms with van der Waals surface area (Å²) in [6, 6.07) is 8.34. The van der Waals surface area contributed by atoms with Gasteiger partial charge in [-0.3, -0.25) is 4.79 Å². The molecule has 0 unspecified atom stereocenters. The number of ether oxygens (including phenoxy) is 1. The Bertz CT molecular complexity index is 912. The number of hydrogen-bond acceptors (Lipinski definition) is 3. The van der Waals surface area contributed by atoms with Gasteiger partial charge in [0.1, 0.15) is 6.04 Å². The van der Waals surface area contributed by atoms with E-state index in [1.54, 1.807) is 4.90 Å². The lowest BCUT2D eigenvalue weighted by atomic mass is 9.84. The molecule has 3 N–H and O–H groups in total. The Kier molecular flexibility index (Phi) is 5.38. The van der Waals surface area contributed by atoms with Gasteiger partial charge in [0.15, 0.2) is 5.54 Å². The first-order chi connectivity index (χ1) is 14.7. The van der Waals surface area contributed by atoms with Crippen LogP contribution < -0.4 is 15.9 Å². The molecule has 1 aromatic rings. The predicted molar refractivity (Wildman–Crippen MR) is 106 cm³/mol. The van der Waals surface area contributed by atoms with Crippen molar-refractivity contribution in [3.05, 3.63) is 35.4 Å². The van der Waals surface area contributed by atoms with E-state index < -0.39 is 41.5 Å². The van der Waals surface area contributed by atoms with E-state index in [2.05, 4.69) is 22.8 Å². The number of rotatable bonds is 5. The lowest BCUT2D eigenvalue weighted by molar-refractivity contribution is -0.127. The predicted octanol–water partition coefficient (Wildman–Crippen LogP) is 1.05. The van der Waals surface area contributed by atoms with Crippen LogP contribution >= 0.6 is 0 Å². The summed E-state index contributed by atoms with van der Waals surface area (Å²) in [5, 5.41) is 12.3. The van der Waals surface area contributed by atoms with Crippen LogP contribution in [0.15, 0.2) is 24.3 Å². The number of hydrogen-bond donors (Lipinski definition) is 3. The third kappa shape index (κ3) is 4.49. The van der Waals surface area contributed by atoms with Crippen LogP contribution in [0.3, 0.4) is 0 Å². The third-order valence-corrected chi connectivity index (χ3v) is 6.40. The first-order valence-corrected chi connectivity index (χ1v) is 10.6. The molecule has 31 heavy (non-hydrogen) atoms. The molecule has 7 nitrogen and oxygen atoms in total. The zero-order valence-electron chi connectivity index (χ0n) is 17.5. The molecule has 3 aliphatic rings. The summed E-state index contributed by atoms with van der Waals surface area (Å²) in [5.74, 6) is -3.85. The van der Waals surface area contributed by atoms with Gasteiger partial charge in [-0.1, -0.05) is 29.5 Å². The van der Waals surface area contributed by atoms with Crippen molar-refractivity contribution in [3.63, 3.8) is 0 Å². The Morgan fingerprint density at radius 2 is 1.94 bits per heavy atom. The molecule has 1 aromatic carbocycles. The molecule has 1 atom stereocenters. The quantitative estimate of drug-likeness (QED) is 0.648. The summed E-state index contributed by atoms with van der Waals surface area (Å²) in [5.41, 5.74) is 1.00. The number of alkyl halides is 2. The second-order valence-corrected chi connectivity index (χ2v) is 8.90. The maximum absolute atomic E-state index is 13.7. The minimum absolute atomic E-state index is 0.398. The first kappa shape index (κ1) is 21.5. The summed E-state index contributed by atoms with van der Waals surface area (Å²) in [6.45, 7) is 2.06. The number of fused-ring (bicyclic) bond motifs is 2. The van der Waals surface area contributed by atoms with E-state index in [4.69, 9.17) is 10.00 Å². The van der Waals surface area contributed by atoms with Gasteiger partial charge < -0.3 is 20.3 Å². The summed E-state index contributed by atoms with van der Waals surface area (Å²) in [4.78, 5) is 26.9. The van der Waals surface area contributed by atoms with Crippen LogP contribution in [0.2, 0.25) is 0 Å². The van der Waals surface area contributed by atoms with Crippen molar-refractivity contribution in [2.24, 2.45) is 0 Å². The van der Waals surface area contributed by atoms with Crippen LogP contribution in [0.1, 0.15) is 50.2 Å². The van der Waals surface area contributed by atoms with Crippen molar-refractivity contribution < 1.29 is 28.4 Å². The van der Waals surface area contributed by atoms with Crippen molar-refractivity contribution in [2.45, 2.75) is 68.7 Å². The number of carbonyl (C=O) groups is 2. The minimum atomic E-state index is -3.13. The lowest BCUT2D eigenvalue weighted by Gasteiger charge is -2.39. The number of carbonyl (C=O) groups excluding carboxylic acids is 2. The Labute approximate surface area is 179 Å². The lowest BCUT2D eigenvalue weighted by Crippen LogP contribution is -2.57. The Morgan fingerprint density at radius 3 is 2.55 bits per heavy atom. The number of halogens is 2. The highest BCUT2D eigenvalue weighted by Gasteiger charge is 2.50. The topological polar surface area (TPSA) is 94.5 Å². The van der Waals surface area contributed by atoms with Crippen molar-refractivity contribution in [1.82, 2.24) is 15.5 Å². The smallest absolute Gasteiger partial charge is 0.318 e. The van der Waals surface area contributed by atoms with Crippen molar-refractivity contribution >= 4 is 11.9 Å². The van der Waals surface area contributed by atoms with E-state index in [0.717, 1.165) is 11.1 Å². The molecular weight excluding hydrogens is 406 g/mol. The molecule has 0 radical (unpaired) electrons. The first-order valence-electron chi connectivity index (χ1n) is 10.6. The standard InChI is InChI=1S/C22H26F2N4O3/c1-20(23,24)12-17(18(29)27-21(14-25)6-7-21)26-19(30)28-10-8-22(9-11-28)16-5-3-2-4-15(16)13-31-22/h2-5,17H,6-13H2,1H3,(H,26,30)(H,27,29)/p+1/t17-/m0/s1. The summed E-state index contributed by atoms with van der Waals surface area (Å²) in [6.07, 6.45) is 1.48. The zero-order chi connectivity index (χ0) is 22.3. The number of nitrogens with one attached hydrogen (secondary N) is 3. The fraction of sp³-hybridized carbons (Fsp3) is 0.591. The molecule has 166 valence electrons. The van der Waals surface area contributed by atoms with Crippen LogP contribution in [0.25, 0.3) is 0 Å². The van der Waals surface area contributed by atoms with Crippen LogP contribution in [-0.2, 0) is 21.7 Å². The molecule has 0 bridgehead atoms. The Balaban J connectivity index is 1.39. The molecule has 1 aliphatic carbocycles. The van der Waals surface area contributed by atoms with Gasteiger partial charge in [-0.05, 0) is 43.7 Å². The average Bonchev–Trinajstić information content (AvgIpc) is 3.42. The largest absolute Gasteiger partial charge is 0.365 e. The molecule has 0 aromatic heterocycles. The molecular formula is C22H27F2N4O3+. The van der Waals surface area contributed by atoms with E-state index in [1.807, 2.05) is 18.2 Å². The van der Waals surface area contributed by atoms with Crippen molar-refractivity contribution in [2.75, 3.05) is 13.1 Å². The highest BCUT2D eigenvalue weighted by molar-refractivity contribution is 5.88. The minimum Gasteiger partial charge on any atom is -0.365 e. The summed E-state index contributed by atoms with van der Waals surface area (Å²) < 4.78 is 33.5. The summed E-state index contributed by atoms with van der Waals surface area (Å²) >= 11 is 0. The van der Waals surface area contributed by atoms with E-state index in [1.165, 1.54) is 0 Å². The number of benzene rings is 1. The molecule has 3 amide bonds. The molecule has 1 saturated carbocycles. The number of amides is 3. The highest BCUT2D eigenvalue weighted by atomic mass is 19.3. The molecule has 1 saturated heterocycles. The third-order valence-electron chi connectivity index (χ3n) is 6.40. The highest BCUT2D eigenvalue weighted by Crippen LogP contribution is 2.44. The molecule has 9 heteroatoms. The maximum Gasteiger partial charge on any atom is 0.318 e. The molecule has 1 spiro atoms. The number of urea groups is 1. The molecule has 2 aliphatic heterocycles. The van der Waals surface area contributed by atoms with Gasteiger partial charge in [0.25, 0.3) is 6.07 Å². The number of likely N-dealkylation sites (tertiary alicyclic amines) is 1. The van der Waals surface area contributed by atoms with Crippen molar-refractivity contribution in [1.29, 1.82) is 0 Å². The van der Waals surface area contributed by atoms with Gasteiger partial charge in [-0.2, -0.15) is 0 Å². The second kappa shape index (κ2) is 7.75. The van der Waals surface area contributed by atoms with Crippen LogP contribution in [0.4, 0.5) is 13.6 Å². The Morgan fingerprint density at radius 1 is 1.26 bits per heavy atom. The van der Waals surface area contributed by atoms with Crippen LogP contribution in [-0.4, -0.2) is 47.4 Å². The SMILES string of the molecule is CC(F)(F)C[C@H](NC(=O)N1CCC2(CC1)OCc1ccccc12)C(=O)NC1(C#[NH+])CC1. The van der Waals surface area contributed by atoms with Gasteiger partial charge in [0.2, 0.25) is 11.8 Å². The van der Waals surface area contributed by atoms with Gasteiger partial charge in [0, 0.05) is 19.5 Å². The summed E-state index contributed by atoms with van der Waals surface area (Å²) in [7, 11) is 0. The monoisotopic (exact) mass is 433 g/mol. The van der Waals surface area contributed by atoms with Gasteiger partial charge in [-0.25, -0.2) is 13.6 Å². The van der Waals surface area contributed by atoms with E-state index in [9.17, 15) is 18.4 Å². The zero-order valence-corrected chi connectivity index (χ0v) is 17.5. The van der Waals surface area contributed by atoms with Gasteiger partial charge in [-0.15, -0.1) is 0 Å². The number of piperidine rings is 1. The fourth-order valence-corrected chi connectivity index (χ4v) is 4.41. The van der Waals surface area contributed by atoms with Crippen LogP contribution in [0, 0.1) is 6.07 Å². The van der Waals surface area contributed by atoms with Gasteiger partial charge in [0.05, 0.1) is 12.2 Å². The average molecular weight is 433 g/mol.